The molecule has 10 heteroatoms. The van der Waals surface area contributed by atoms with E-state index in [-0.39, 0.29) is 23.8 Å². The number of alkyl halides is 2. The lowest BCUT2D eigenvalue weighted by molar-refractivity contribution is -0.150. The average molecular weight is 1290 g/mol. The lowest BCUT2D eigenvalue weighted by Gasteiger charge is -2.23. The molecular formula is C72H140Br2N2O6. The number of rotatable bonds is 64. The predicted molar refractivity (Wildman–Crippen MR) is 364 cm³/mol. The Morgan fingerprint density at radius 2 is 0.500 bits per heavy atom. The Bertz CT molecular complexity index is 1240. The van der Waals surface area contributed by atoms with E-state index in [2.05, 4.69) is 83.2 Å². The Balaban J connectivity index is 0. The van der Waals surface area contributed by atoms with Crippen LogP contribution < -0.4 is 0 Å². The van der Waals surface area contributed by atoms with Crippen molar-refractivity contribution in [3.8, 4) is 0 Å². The van der Waals surface area contributed by atoms with Gasteiger partial charge in [-0.15, -0.1) is 0 Å². The summed E-state index contributed by atoms with van der Waals surface area (Å²) in [6, 6.07) is 0. The monoisotopic (exact) mass is 1290 g/mol. The summed E-state index contributed by atoms with van der Waals surface area (Å²) in [5.41, 5.74) is 0. The molecule has 0 aromatic carbocycles. The van der Waals surface area contributed by atoms with Gasteiger partial charge >= 0.3 is 11.9 Å². The van der Waals surface area contributed by atoms with Gasteiger partial charge in [0.2, 0.25) is 11.8 Å². The molecule has 0 bridgehead atoms. The van der Waals surface area contributed by atoms with Crippen molar-refractivity contribution in [1.82, 2.24) is 9.80 Å². The molecule has 0 aliphatic carbocycles. The van der Waals surface area contributed by atoms with E-state index < -0.39 is 0 Å². The summed E-state index contributed by atoms with van der Waals surface area (Å²) < 4.78 is 11.5. The molecule has 488 valence electrons. The Morgan fingerprint density at radius 1 is 0.280 bits per heavy atom. The van der Waals surface area contributed by atoms with Gasteiger partial charge in [-0.25, -0.2) is 0 Å². The van der Waals surface area contributed by atoms with Crippen LogP contribution >= 0.6 is 31.9 Å². The molecule has 2 atom stereocenters. The summed E-state index contributed by atoms with van der Waals surface area (Å²) in [6.07, 6.45) is 60.2. The maximum absolute atomic E-state index is 12.9. The summed E-state index contributed by atoms with van der Waals surface area (Å²) in [5.74, 6) is 0.985. The fraction of sp³-hybridized carbons (Fsp3) is 0.944. The molecule has 0 heterocycles. The number of ether oxygens (including phenoxy) is 2. The van der Waals surface area contributed by atoms with Crippen molar-refractivity contribution in [3.05, 3.63) is 0 Å². The zero-order valence-electron chi connectivity index (χ0n) is 55.7. The largest absolute Gasteiger partial charge is 0.465 e. The van der Waals surface area contributed by atoms with Gasteiger partial charge in [0, 0.05) is 49.7 Å². The van der Waals surface area contributed by atoms with Crippen molar-refractivity contribution >= 4 is 55.6 Å². The molecule has 0 aromatic heterocycles. The van der Waals surface area contributed by atoms with Crippen LogP contribution in [-0.2, 0) is 28.7 Å². The highest BCUT2D eigenvalue weighted by Gasteiger charge is 2.21. The first-order chi connectivity index (χ1) is 40.2. The van der Waals surface area contributed by atoms with Crippen LogP contribution in [-0.4, -0.2) is 83.6 Å². The van der Waals surface area contributed by atoms with Crippen molar-refractivity contribution < 1.29 is 28.7 Å². The van der Waals surface area contributed by atoms with Crippen molar-refractivity contribution in [2.75, 3.05) is 50.1 Å². The minimum Gasteiger partial charge on any atom is -0.465 e. The molecule has 0 fully saturated rings. The van der Waals surface area contributed by atoms with Crippen molar-refractivity contribution in [3.63, 3.8) is 0 Å². The molecular weight excluding hydrogens is 1150 g/mol. The molecule has 82 heavy (non-hydrogen) atoms. The molecule has 0 rings (SSSR count). The number of halogens is 2. The first-order valence-corrected chi connectivity index (χ1v) is 38.5. The third kappa shape index (κ3) is 57.9. The predicted octanol–water partition coefficient (Wildman–Crippen LogP) is 23.1. The van der Waals surface area contributed by atoms with Crippen LogP contribution in [0.1, 0.15) is 375 Å². The standard InChI is InChI=1S/2C36H70BrNO3/c2*1-4-7-10-13-15-21-28-34(27-20-11-8-5-2)36(40)41-33-26-19-18-25-32-38(31-24-12-9-6-3)35(39)29-22-16-14-17-23-30-37/h2*34H,4-33H2,1-3H3. The second-order valence-electron chi connectivity index (χ2n) is 24.7. The van der Waals surface area contributed by atoms with Crippen LogP contribution in [0.2, 0.25) is 0 Å². The van der Waals surface area contributed by atoms with E-state index in [1.165, 1.54) is 193 Å². The second kappa shape index (κ2) is 68.9. The quantitative estimate of drug-likeness (QED) is 0.0342. The van der Waals surface area contributed by atoms with E-state index in [1.807, 2.05) is 0 Å². The van der Waals surface area contributed by atoms with Gasteiger partial charge in [0.1, 0.15) is 0 Å². The number of nitrogens with zero attached hydrogens (tertiary/aromatic N) is 2. The minimum atomic E-state index is 0.0473. The Kier molecular flexibility index (Phi) is 69.7. The molecule has 0 aromatic rings. The first-order valence-electron chi connectivity index (χ1n) is 36.2. The van der Waals surface area contributed by atoms with E-state index in [0.717, 1.165) is 165 Å². The van der Waals surface area contributed by atoms with Crippen LogP contribution in [0.3, 0.4) is 0 Å². The Labute approximate surface area is 528 Å². The van der Waals surface area contributed by atoms with Gasteiger partial charge in [0.05, 0.1) is 25.0 Å². The van der Waals surface area contributed by atoms with E-state index in [1.54, 1.807) is 0 Å². The first kappa shape index (κ1) is 82.9. The topological polar surface area (TPSA) is 93.2 Å². The van der Waals surface area contributed by atoms with Gasteiger partial charge in [-0.05, 0) is 103 Å². The van der Waals surface area contributed by atoms with Crippen LogP contribution in [0.25, 0.3) is 0 Å². The summed E-state index contributed by atoms with van der Waals surface area (Å²) in [5, 5.41) is 2.16. The second-order valence-corrected chi connectivity index (χ2v) is 26.3. The van der Waals surface area contributed by atoms with Crippen LogP contribution in [0.5, 0.6) is 0 Å². The van der Waals surface area contributed by atoms with Gasteiger partial charge in [-0.3, -0.25) is 19.2 Å². The highest BCUT2D eigenvalue weighted by Crippen LogP contribution is 2.23. The van der Waals surface area contributed by atoms with Crippen LogP contribution in [0, 0.1) is 11.8 Å². The summed E-state index contributed by atoms with van der Waals surface area (Å²) >= 11 is 6.99. The molecule has 0 radical (unpaired) electrons. The molecule has 0 aliphatic rings. The third-order valence-corrected chi connectivity index (χ3v) is 17.9. The van der Waals surface area contributed by atoms with Gasteiger partial charge in [-0.1, -0.05) is 292 Å². The normalized spacial score (nSPS) is 12.0. The van der Waals surface area contributed by atoms with Crippen LogP contribution in [0.4, 0.5) is 0 Å². The number of esters is 2. The fourth-order valence-corrected chi connectivity index (χ4v) is 11.9. The van der Waals surface area contributed by atoms with E-state index >= 15 is 0 Å². The molecule has 0 saturated heterocycles. The summed E-state index contributed by atoms with van der Waals surface area (Å²) in [6.45, 7) is 18.1. The van der Waals surface area contributed by atoms with Gasteiger partial charge in [-0.2, -0.15) is 0 Å². The minimum absolute atomic E-state index is 0.0473. The number of carbonyl (C=O) groups is 4. The van der Waals surface area contributed by atoms with Crippen LogP contribution in [0.15, 0.2) is 0 Å². The van der Waals surface area contributed by atoms with E-state index in [4.69, 9.17) is 9.47 Å². The van der Waals surface area contributed by atoms with Crippen molar-refractivity contribution in [2.45, 2.75) is 375 Å². The number of carbonyl (C=O) groups excluding carboxylic acids is 4. The maximum atomic E-state index is 12.9. The zero-order chi connectivity index (χ0) is 60.5. The van der Waals surface area contributed by atoms with E-state index in [9.17, 15) is 19.2 Å². The number of hydrogen-bond donors (Lipinski definition) is 0. The SMILES string of the molecule is CCCCCCCCC(CCCCCC)C(=O)OCCCCCCN(CCCCCC)C(=O)CCCCCCCBr.CCCCCCCCC(CCCCCC)C(=O)OCCCCCCN(CCCCCC)C(=O)CCCCCCCBr. The molecule has 2 unspecified atom stereocenters. The molecule has 0 N–H and O–H groups in total. The zero-order valence-corrected chi connectivity index (χ0v) is 58.9. The molecule has 0 aliphatic heterocycles. The van der Waals surface area contributed by atoms with Crippen molar-refractivity contribution in [1.29, 1.82) is 0 Å². The van der Waals surface area contributed by atoms with Crippen molar-refractivity contribution in [2.24, 2.45) is 11.8 Å². The number of hydrogen-bond acceptors (Lipinski definition) is 6. The number of amides is 2. The summed E-state index contributed by atoms with van der Waals surface area (Å²) in [4.78, 5) is 55.8. The lowest BCUT2D eigenvalue weighted by atomic mass is 9.94. The molecule has 0 spiro atoms. The van der Waals surface area contributed by atoms with Gasteiger partial charge < -0.3 is 19.3 Å². The number of unbranched alkanes of at least 4 members (excludes halogenated alkanes) is 36. The molecule has 2 amide bonds. The van der Waals surface area contributed by atoms with Gasteiger partial charge in [0.25, 0.3) is 0 Å². The lowest BCUT2D eigenvalue weighted by Crippen LogP contribution is -2.32. The molecule has 8 nitrogen and oxygen atoms in total. The third-order valence-electron chi connectivity index (χ3n) is 16.7. The highest BCUT2D eigenvalue weighted by atomic mass is 79.9. The average Bonchev–Trinajstić information content (AvgIpc) is 3.48. The fourth-order valence-electron chi connectivity index (χ4n) is 11.1. The summed E-state index contributed by atoms with van der Waals surface area (Å²) in [7, 11) is 0. The van der Waals surface area contributed by atoms with E-state index in [0.29, 0.717) is 37.9 Å². The molecule has 0 saturated carbocycles. The van der Waals surface area contributed by atoms with Gasteiger partial charge in [0.15, 0.2) is 0 Å². The Hall–Kier alpha value is -1.16. The maximum Gasteiger partial charge on any atom is 0.308 e. The smallest absolute Gasteiger partial charge is 0.308 e. The highest BCUT2D eigenvalue weighted by molar-refractivity contribution is 9.09. The Morgan fingerprint density at radius 3 is 0.793 bits per heavy atom.